The summed E-state index contributed by atoms with van der Waals surface area (Å²) in [5, 5.41) is 32.8. The normalized spacial score (nSPS) is 21.3. The fraction of sp³-hybridized carbons (Fsp3) is 0.409. The van der Waals surface area contributed by atoms with Crippen LogP contribution in [0.3, 0.4) is 0 Å². The number of ether oxygens (including phenoxy) is 2. The second kappa shape index (κ2) is 8.16. The molecule has 0 amide bonds. The lowest BCUT2D eigenvalue weighted by Crippen LogP contribution is -2.41. The first-order valence-corrected chi connectivity index (χ1v) is 9.79. The van der Waals surface area contributed by atoms with Gasteiger partial charge in [-0.1, -0.05) is 0 Å². The SMILES string of the molecule is CC(=O)c1c(O)c(C)c(O)c2c1OC1=CC(=O)C(=C(C)NCCOCCO)C(=O)C12C. The smallest absolute Gasteiger partial charge is 0.194 e. The minimum atomic E-state index is -1.54. The van der Waals surface area contributed by atoms with Crippen molar-refractivity contribution >= 4 is 17.3 Å². The highest BCUT2D eigenvalue weighted by Crippen LogP contribution is 2.57. The molecular formula is C22H25NO8. The molecule has 4 N–H and O–H groups in total. The van der Waals surface area contributed by atoms with Crippen LogP contribution in [0, 0.1) is 6.92 Å². The molecule has 1 aromatic carbocycles. The molecule has 1 heterocycles. The van der Waals surface area contributed by atoms with Crippen molar-refractivity contribution in [3.05, 3.63) is 39.8 Å². The lowest BCUT2D eigenvalue weighted by atomic mass is 9.70. The number of aliphatic hydroxyl groups excluding tert-OH is 1. The number of carbonyl (C=O) groups is 3. The summed E-state index contributed by atoms with van der Waals surface area (Å²) >= 11 is 0. The van der Waals surface area contributed by atoms with Crippen molar-refractivity contribution in [1.82, 2.24) is 5.32 Å². The number of phenols is 2. The maximum atomic E-state index is 13.5. The van der Waals surface area contributed by atoms with Crippen molar-refractivity contribution in [2.45, 2.75) is 33.1 Å². The molecule has 0 bridgehead atoms. The number of nitrogens with one attached hydrogen (secondary N) is 1. The summed E-state index contributed by atoms with van der Waals surface area (Å²) in [4.78, 5) is 38.5. The summed E-state index contributed by atoms with van der Waals surface area (Å²) in [6, 6.07) is 0. The second-order valence-corrected chi connectivity index (χ2v) is 7.65. The number of phenolic OH excluding ortho intramolecular Hbond substituents is 2. The van der Waals surface area contributed by atoms with E-state index in [0.29, 0.717) is 12.2 Å². The molecule has 9 nitrogen and oxygen atoms in total. The molecule has 166 valence electrons. The first kappa shape index (κ1) is 22.5. The van der Waals surface area contributed by atoms with Crippen molar-refractivity contribution in [3.8, 4) is 17.2 Å². The number of aromatic hydroxyl groups is 2. The summed E-state index contributed by atoms with van der Waals surface area (Å²) in [6.07, 6.45) is 1.17. The molecule has 0 spiro atoms. The average Bonchev–Trinajstić information content (AvgIpc) is 2.99. The second-order valence-electron chi connectivity index (χ2n) is 7.65. The summed E-state index contributed by atoms with van der Waals surface area (Å²) in [7, 11) is 0. The number of hydrogen-bond acceptors (Lipinski definition) is 9. The minimum absolute atomic E-state index is 0.0110. The van der Waals surface area contributed by atoms with Crippen molar-refractivity contribution in [2.24, 2.45) is 0 Å². The van der Waals surface area contributed by atoms with Gasteiger partial charge in [-0.3, -0.25) is 14.4 Å². The quantitative estimate of drug-likeness (QED) is 0.216. The molecular weight excluding hydrogens is 406 g/mol. The van der Waals surface area contributed by atoms with Crippen LogP contribution >= 0.6 is 0 Å². The third-order valence-electron chi connectivity index (χ3n) is 5.63. The molecule has 0 saturated carbocycles. The molecule has 3 rings (SSSR count). The van der Waals surface area contributed by atoms with Gasteiger partial charge in [0.25, 0.3) is 0 Å². The molecule has 0 radical (unpaired) electrons. The highest BCUT2D eigenvalue weighted by molar-refractivity contribution is 6.31. The van der Waals surface area contributed by atoms with E-state index in [1.807, 2.05) is 0 Å². The van der Waals surface area contributed by atoms with E-state index in [9.17, 15) is 24.6 Å². The Bertz CT molecular complexity index is 1050. The third-order valence-corrected chi connectivity index (χ3v) is 5.63. The van der Waals surface area contributed by atoms with Crippen molar-refractivity contribution in [1.29, 1.82) is 0 Å². The molecule has 9 heteroatoms. The first-order chi connectivity index (χ1) is 14.6. The van der Waals surface area contributed by atoms with Crippen LogP contribution in [0.1, 0.15) is 42.3 Å². The third kappa shape index (κ3) is 3.39. The summed E-state index contributed by atoms with van der Waals surface area (Å²) < 4.78 is 10.9. The van der Waals surface area contributed by atoms with Gasteiger partial charge in [-0.2, -0.15) is 0 Å². The number of ketones is 3. The Labute approximate surface area is 179 Å². The Kier molecular flexibility index (Phi) is 5.93. The van der Waals surface area contributed by atoms with Crippen LogP contribution in [0.2, 0.25) is 0 Å². The van der Waals surface area contributed by atoms with Gasteiger partial charge in [0, 0.05) is 23.9 Å². The van der Waals surface area contributed by atoms with Crippen molar-refractivity contribution in [2.75, 3.05) is 26.4 Å². The number of carbonyl (C=O) groups excluding carboxylic acids is 3. The van der Waals surface area contributed by atoms with E-state index in [1.54, 1.807) is 6.92 Å². The van der Waals surface area contributed by atoms with Gasteiger partial charge in [0.1, 0.15) is 34.0 Å². The van der Waals surface area contributed by atoms with Crippen LogP contribution in [0.4, 0.5) is 0 Å². The highest BCUT2D eigenvalue weighted by Gasteiger charge is 2.56. The van der Waals surface area contributed by atoms with Gasteiger partial charge in [-0.25, -0.2) is 0 Å². The summed E-state index contributed by atoms with van der Waals surface area (Å²) in [6.45, 7) is 6.40. The maximum Gasteiger partial charge on any atom is 0.194 e. The molecule has 1 aliphatic heterocycles. The number of Topliss-reactive ketones (excluding diaryl/α,β-unsaturated/α-hetero) is 2. The van der Waals surface area contributed by atoms with Gasteiger partial charge in [0.2, 0.25) is 0 Å². The van der Waals surface area contributed by atoms with Crippen LogP contribution in [0.25, 0.3) is 0 Å². The van der Waals surface area contributed by atoms with Crippen LogP contribution in [-0.4, -0.2) is 59.0 Å². The van der Waals surface area contributed by atoms with Gasteiger partial charge >= 0.3 is 0 Å². The van der Waals surface area contributed by atoms with E-state index >= 15 is 0 Å². The average molecular weight is 431 g/mol. The number of benzene rings is 1. The zero-order chi connectivity index (χ0) is 23.1. The summed E-state index contributed by atoms with van der Waals surface area (Å²) in [5.41, 5.74) is -1.37. The number of allylic oxidation sites excluding steroid dienone is 4. The lowest BCUT2D eigenvalue weighted by Gasteiger charge is -2.29. The van der Waals surface area contributed by atoms with Crippen LogP contribution < -0.4 is 10.1 Å². The number of rotatable bonds is 7. The van der Waals surface area contributed by atoms with Crippen LogP contribution in [-0.2, 0) is 19.7 Å². The Morgan fingerprint density at radius 3 is 2.48 bits per heavy atom. The van der Waals surface area contributed by atoms with E-state index in [1.165, 1.54) is 26.8 Å². The number of fused-ring (bicyclic) bond motifs is 3. The predicted octanol–water partition coefficient (Wildman–Crippen LogP) is 1.17. The van der Waals surface area contributed by atoms with Crippen LogP contribution in [0.15, 0.2) is 23.1 Å². The molecule has 0 aromatic heterocycles. The first-order valence-electron chi connectivity index (χ1n) is 9.79. The fourth-order valence-corrected chi connectivity index (χ4v) is 3.93. The molecule has 31 heavy (non-hydrogen) atoms. The van der Waals surface area contributed by atoms with Gasteiger partial charge < -0.3 is 30.1 Å². The Balaban J connectivity index is 2.10. The maximum absolute atomic E-state index is 13.5. The zero-order valence-electron chi connectivity index (χ0n) is 17.8. The molecule has 0 fully saturated rings. The van der Waals surface area contributed by atoms with E-state index in [0.717, 1.165) is 0 Å². The highest BCUT2D eigenvalue weighted by atomic mass is 16.5. The zero-order valence-corrected chi connectivity index (χ0v) is 17.8. The van der Waals surface area contributed by atoms with Crippen LogP contribution in [0.5, 0.6) is 17.2 Å². The summed E-state index contributed by atoms with van der Waals surface area (Å²) in [5.74, 6) is -2.60. The number of hydrogen-bond donors (Lipinski definition) is 4. The standard InChI is InChI=1S/C22H25NO8/c1-10-18(27)16(12(3)25)20-17(19(10)28)22(4)14(31-20)9-13(26)15(21(22)29)11(2)23-5-7-30-8-6-24/h9,23-24,27-28H,5-8H2,1-4H3. The monoisotopic (exact) mass is 431 g/mol. The van der Waals surface area contributed by atoms with Crippen molar-refractivity contribution < 1.29 is 39.2 Å². The molecule has 2 aliphatic rings. The molecule has 1 atom stereocenters. The Hall–Kier alpha value is -3.17. The number of aliphatic hydroxyl groups is 1. The topological polar surface area (TPSA) is 142 Å². The minimum Gasteiger partial charge on any atom is -0.507 e. The van der Waals surface area contributed by atoms with Gasteiger partial charge in [0.05, 0.1) is 31.0 Å². The largest absolute Gasteiger partial charge is 0.507 e. The van der Waals surface area contributed by atoms with Gasteiger partial charge in [-0.15, -0.1) is 0 Å². The lowest BCUT2D eigenvalue weighted by molar-refractivity contribution is -0.123. The van der Waals surface area contributed by atoms with E-state index in [-0.39, 0.29) is 59.3 Å². The molecule has 1 unspecified atom stereocenters. The van der Waals surface area contributed by atoms with Crippen molar-refractivity contribution in [3.63, 3.8) is 0 Å². The Morgan fingerprint density at radius 2 is 1.87 bits per heavy atom. The van der Waals surface area contributed by atoms with Gasteiger partial charge in [0.15, 0.2) is 17.3 Å². The molecule has 1 aromatic rings. The fourth-order valence-electron chi connectivity index (χ4n) is 3.93. The molecule has 1 aliphatic carbocycles. The van der Waals surface area contributed by atoms with E-state index < -0.39 is 28.5 Å². The van der Waals surface area contributed by atoms with Gasteiger partial charge in [-0.05, 0) is 27.7 Å². The molecule has 0 saturated heterocycles. The van der Waals surface area contributed by atoms with E-state index in [4.69, 9.17) is 14.6 Å². The van der Waals surface area contributed by atoms with E-state index in [2.05, 4.69) is 5.32 Å². The Morgan fingerprint density at radius 1 is 1.19 bits per heavy atom. The predicted molar refractivity (Wildman–Crippen MR) is 109 cm³/mol.